The van der Waals surface area contributed by atoms with Gasteiger partial charge >= 0.3 is 0 Å². The molecule has 2 aromatic rings. The number of hydrogen-bond acceptors (Lipinski definition) is 4. The number of ether oxygens (including phenoxy) is 1. The third kappa shape index (κ3) is 2.64. The van der Waals surface area contributed by atoms with Crippen LogP contribution in [0.2, 0.25) is 0 Å². The first-order chi connectivity index (χ1) is 9.74. The van der Waals surface area contributed by atoms with Crippen molar-refractivity contribution in [2.24, 2.45) is 0 Å². The molecule has 0 bridgehead atoms. The summed E-state index contributed by atoms with van der Waals surface area (Å²) in [6.45, 7) is 0.809. The van der Waals surface area contributed by atoms with E-state index in [0.717, 1.165) is 10.9 Å². The van der Waals surface area contributed by atoms with Crippen LogP contribution in [0.3, 0.4) is 0 Å². The second-order valence-electron chi connectivity index (χ2n) is 4.90. The van der Waals surface area contributed by atoms with Gasteiger partial charge < -0.3 is 15.2 Å². The molecule has 1 fully saturated rings. The number of benzene rings is 1. The zero-order chi connectivity index (χ0) is 13.9. The predicted molar refractivity (Wildman–Crippen MR) is 74.4 cm³/mol. The molecule has 0 saturated carbocycles. The first kappa shape index (κ1) is 13.0. The Morgan fingerprint density at radius 1 is 1.30 bits per heavy atom. The van der Waals surface area contributed by atoms with Gasteiger partial charge in [0.2, 0.25) is 0 Å². The molecule has 5 nitrogen and oxygen atoms in total. The summed E-state index contributed by atoms with van der Waals surface area (Å²) in [6, 6.07) is 10.9. The van der Waals surface area contributed by atoms with E-state index in [1.807, 2.05) is 30.3 Å². The van der Waals surface area contributed by atoms with Crippen molar-refractivity contribution in [1.29, 1.82) is 0 Å². The van der Waals surface area contributed by atoms with E-state index in [-0.39, 0.29) is 18.6 Å². The van der Waals surface area contributed by atoms with Crippen LogP contribution in [0.15, 0.2) is 36.4 Å². The van der Waals surface area contributed by atoms with Crippen molar-refractivity contribution in [3.05, 3.63) is 42.1 Å². The average molecular weight is 272 g/mol. The van der Waals surface area contributed by atoms with Crippen molar-refractivity contribution in [1.82, 2.24) is 10.3 Å². The highest BCUT2D eigenvalue weighted by Crippen LogP contribution is 2.13. The van der Waals surface area contributed by atoms with E-state index in [4.69, 9.17) is 4.74 Å². The SMILES string of the molecule is O=C(N[C@H]1CCOC[C@@H]1O)c1ccc2ccccc2n1. The van der Waals surface area contributed by atoms with Crippen molar-refractivity contribution >= 4 is 16.8 Å². The highest BCUT2D eigenvalue weighted by molar-refractivity contribution is 5.95. The fourth-order valence-electron chi connectivity index (χ4n) is 2.33. The number of aromatic nitrogens is 1. The van der Waals surface area contributed by atoms with E-state index >= 15 is 0 Å². The largest absolute Gasteiger partial charge is 0.389 e. The number of carbonyl (C=O) groups is 1. The smallest absolute Gasteiger partial charge is 0.270 e. The molecule has 104 valence electrons. The number of rotatable bonds is 2. The quantitative estimate of drug-likeness (QED) is 0.859. The molecule has 3 rings (SSSR count). The van der Waals surface area contributed by atoms with Crippen LogP contribution < -0.4 is 5.32 Å². The number of pyridine rings is 1. The summed E-state index contributed by atoms with van der Waals surface area (Å²) in [6.07, 6.45) is -0.0475. The molecule has 1 aliphatic rings. The van der Waals surface area contributed by atoms with Gasteiger partial charge in [-0.3, -0.25) is 4.79 Å². The summed E-state index contributed by atoms with van der Waals surface area (Å²) >= 11 is 0. The van der Waals surface area contributed by atoms with Crippen LogP contribution in [0.1, 0.15) is 16.9 Å². The van der Waals surface area contributed by atoms with Crippen LogP contribution in [0.5, 0.6) is 0 Å². The maximum Gasteiger partial charge on any atom is 0.270 e. The fraction of sp³-hybridized carbons (Fsp3) is 0.333. The van der Waals surface area contributed by atoms with Crippen LogP contribution in [-0.4, -0.2) is 41.4 Å². The van der Waals surface area contributed by atoms with Crippen molar-refractivity contribution in [3.63, 3.8) is 0 Å². The number of aliphatic hydroxyl groups is 1. The Morgan fingerprint density at radius 2 is 2.15 bits per heavy atom. The lowest BCUT2D eigenvalue weighted by Crippen LogP contribution is -2.48. The minimum Gasteiger partial charge on any atom is -0.389 e. The molecule has 0 aliphatic carbocycles. The van der Waals surface area contributed by atoms with Gasteiger partial charge in [-0.1, -0.05) is 24.3 Å². The Kier molecular flexibility index (Phi) is 3.62. The molecule has 0 radical (unpaired) electrons. The number of nitrogens with zero attached hydrogens (tertiary/aromatic N) is 1. The Labute approximate surface area is 116 Å². The second kappa shape index (κ2) is 5.56. The molecule has 1 aromatic heterocycles. The minimum absolute atomic E-state index is 0.260. The third-order valence-electron chi connectivity index (χ3n) is 3.47. The van der Waals surface area contributed by atoms with Gasteiger partial charge in [-0.25, -0.2) is 4.98 Å². The second-order valence-corrected chi connectivity index (χ2v) is 4.90. The summed E-state index contributed by atoms with van der Waals surface area (Å²) in [5, 5.41) is 13.6. The summed E-state index contributed by atoms with van der Waals surface area (Å²) < 4.78 is 5.14. The average Bonchev–Trinajstić information content (AvgIpc) is 2.49. The number of para-hydroxylation sites is 1. The number of amides is 1. The van der Waals surface area contributed by atoms with Gasteiger partial charge in [0.25, 0.3) is 5.91 Å². The van der Waals surface area contributed by atoms with Gasteiger partial charge in [0.15, 0.2) is 0 Å². The molecule has 0 spiro atoms. The van der Waals surface area contributed by atoms with Crippen LogP contribution >= 0.6 is 0 Å². The molecule has 20 heavy (non-hydrogen) atoms. The molecule has 1 aliphatic heterocycles. The maximum atomic E-state index is 12.2. The standard InChI is InChI=1S/C15H16N2O3/c18-14-9-20-8-7-12(14)17-15(19)13-6-5-10-3-1-2-4-11(10)16-13/h1-6,12,14,18H,7-9H2,(H,17,19)/t12-,14-/m0/s1. The molecule has 2 heterocycles. The Morgan fingerprint density at radius 3 is 3.00 bits per heavy atom. The maximum absolute atomic E-state index is 12.2. The van der Waals surface area contributed by atoms with E-state index in [9.17, 15) is 9.90 Å². The molecule has 1 amide bonds. The van der Waals surface area contributed by atoms with Crippen molar-refractivity contribution in [3.8, 4) is 0 Å². The van der Waals surface area contributed by atoms with Crippen LogP contribution in [0, 0.1) is 0 Å². The first-order valence-electron chi connectivity index (χ1n) is 6.66. The summed E-state index contributed by atoms with van der Waals surface area (Å²) in [5.74, 6) is -0.262. The zero-order valence-electron chi connectivity index (χ0n) is 11.0. The van der Waals surface area contributed by atoms with E-state index in [1.54, 1.807) is 6.07 Å². The van der Waals surface area contributed by atoms with Crippen molar-refractivity contribution < 1.29 is 14.6 Å². The lowest BCUT2D eigenvalue weighted by Gasteiger charge is -2.28. The number of nitrogens with one attached hydrogen (secondary N) is 1. The highest BCUT2D eigenvalue weighted by Gasteiger charge is 2.25. The molecular weight excluding hydrogens is 256 g/mol. The minimum atomic E-state index is -0.659. The molecule has 2 atom stereocenters. The van der Waals surface area contributed by atoms with Crippen LogP contribution in [-0.2, 0) is 4.74 Å². The summed E-state index contributed by atoms with van der Waals surface area (Å²) in [4.78, 5) is 16.5. The highest BCUT2D eigenvalue weighted by atomic mass is 16.5. The number of fused-ring (bicyclic) bond motifs is 1. The fourth-order valence-corrected chi connectivity index (χ4v) is 2.33. The third-order valence-corrected chi connectivity index (χ3v) is 3.47. The summed E-state index contributed by atoms with van der Waals surface area (Å²) in [7, 11) is 0. The molecule has 2 N–H and O–H groups in total. The Bertz CT molecular complexity index is 629. The van der Waals surface area contributed by atoms with Crippen LogP contribution in [0.25, 0.3) is 10.9 Å². The van der Waals surface area contributed by atoms with Crippen LogP contribution in [0.4, 0.5) is 0 Å². The van der Waals surface area contributed by atoms with Gasteiger partial charge in [0, 0.05) is 12.0 Å². The van der Waals surface area contributed by atoms with Gasteiger partial charge in [-0.15, -0.1) is 0 Å². The summed E-state index contributed by atoms with van der Waals surface area (Å²) in [5.41, 5.74) is 1.15. The van der Waals surface area contributed by atoms with E-state index in [2.05, 4.69) is 10.3 Å². The molecule has 0 unspecified atom stereocenters. The Hall–Kier alpha value is -1.98. The van der Waals surface area contributed by atoms with Gasteiger partial charge in [-0.2, -0.15) is 0 Å². The molecule has 1 aromatic carbocycles. The normalized spacial score (nSPS) is 22.6. The first-order valence-corrected chi connectivity index (χ1v) is 6.66. The molecule has 1 saturated heterocycles. The topological polar surface area (TPSA) is 71.5 Å². The molecular formula is C15H16N2O3. The van der Waals surface area contributed by atoms with E-state index < -0.39 is 6.10 Å². The monoisotopic (exact) mass is 272 g/mol. The van der Waals surface area contributed by atoms with Gasteiger partial charge in [0.05, 0.1) is 24.3 Å². The van der Waals surface area contributed by atoms with Crippen molar-refractivity contribution in [2.45, 2.75) is 18.6 Å². The lowest BCUT2D eigenvalue weighted by molar-refractivity contribution is -0.0261. The number of aliphatic hydroxyl groups excluding tert-OH is 1. The van der Waals surface area contributed by atoms with Gasteiger partial charge in [-0.05, 0) is 18.6 Å². The Balaban J connectivity index is 1.78. The number of hydrogen-bond donors (Lipinski definition) is 2. The zero-order valence-corrected chi connectivity index (χ0v) is 11.0. The van der Waals surface area contributed by atoms with Gasteiger partial charge in [0.1, 0.15) is 5.69 Å². The van der Waals surface area contributed by atoms with Crippen molar-refractivity contribution in [2.75, 3.05) is 13.2 Å². The number of carbonyl (C=O) groups excluding carboxylic acids is 1. The predicted octanol–water partition coefficient (Wildman–Crippen LogP) is 1.11. The van der Waals surface area contributed by atoms with E-state index in [1.165, 1.54) is 0 Å². The van der Waals surface area contributed by atoms with E-state index in [0.29, 0.717) is 18.7 Å². The molecule has 5 heteroatoms. The lowest BCUT2D eigenvalue weighted by atomic mass is 10.1.